The minimum Gasteiger partial charge on any atom is -0.495 e. The van der Waals surface area contributed by atoms with Gasteiger partial charge >= 0.3 is 0 Å². The van der Waals surface area contributed by atoms with E-state index in [9.17, 15) is 9.59 Å². The lowest BCUT2D eigenvalue weighted by Crippen LogP contribution is -2.22. The fourth-order valence-corrected chi connectivity index (χ4v) is 3.27. The van der Waals surface area contributed by atoms with E-state index in [2.05, 4.69) is 10.3 Å². The van der Waals surface area contributed by atoms with Crippen LogP contribution in [0, 0.1) is 0 Å². The molecule has 0 saturated carbocycles. The Morgan fingerprint density at radius 3 is 2.85 bits per heavy atom. The Morgan fingerprint density at radius 2 is 2.07 bits per heavy atom. The van der Waals surface area contributed by atoms with Gasteiger partial charge in [-0.2, -0.15) is 0 Å². The van der Waals surface area contributed by atoms with Gasteiger partial charge in [0.15, 0.2) is 5.03 Å². The number of hydrogen-bond acceptors (Lipinski definition) is 5. The Balaban J connectivity index is 1.72. The van der Waals surface area contributed by atoms with E-state index in [0.717, 1.165) is 11.8 Å². The predicted molar refractivity (Wildman–Crippen MR) is 107 cm³/mol. The molecule has 138 valence electrons. The van der Waals surface area contributed by atoms with Crippen LogP contribution in [-0.4, -0.2) is 28.3 Å². The number of rotatable bonds is 6. The minimum atomic E-state index is -0.310. The van der Waals surface area contributed by atoms with Crippen LogP contribution < -0.4 is 15.6 Å². The third kappa shape index (κ3) is 4.69. The minimum absolute atomic E-state index is 0.0415. The number of para-hydroxylation sites is 2. The van der Waals surface area contributed by atoms with Crippen molar-refractivity contribution >= 4 is 35.0 Å². The van der Waals surface area contributed by atoms with Gasteiger partial charge in [0.25, 0.3) is 5.56 Å². The number of benzene rings is 2. The number of methoxy groups -OCH3 is 1. The summed E-state index contributed by atoms with van der Waals surface area (Å²) in [6.07, 6.45) is 3.08. The van der Waals surface area contributed by atoms with Crippen molar-refractivity contribution < 1.29 is 9.53 Å². The van der Waals surface area contributed by atoms with Crippen molar-refractivity contribution in [3.63, 3.8) is 0 Å². The highest BCUT2D eigenvalue weighted by molar-refractivity contribution is 7.99. The van der Waals surface area contributed by atoms with Crippen LogP contribution in [0.25, 0.3) is 5.69 Å². The standard InChI is InChI=1S/C19H16ClN3O3S/c1-26-16-8-3-2-7-15(16)22-17(24)12-27-18-19(25)23(10-9-21-18)14-6-4-5-13(20)11-14/h2-11H,12H2,1H3,(H,22,24). The molecule has 0 aliphatic carbocycles. The normalized spacial score (nSPS) is 10.4. The molecule has 1 N–H and O–H groups in total. The molecule has 1 heterocycles. The maximum Gasteiger partial charge on any atom is 0.287 e. The van der Waals surface area contributed by atoms with Gasteiger partial charge in [0, 0.05) is 17.4 Å². The second kappa shape index (κ2) is 8.75. The molecule has 0 bridgehead atoms. The maximum absolute atomic E-state index is 12.6. The lowest BCUT2D eigenvalue weighted by atomic mass is 10.3. The van der Waals surface area contributed by atoms with E-state index in [1.807, 2.05) is 6.07 Å². The first kappa shape index (κ1) is 19.0. The van der Waals surface area contributed by atoms with Crippen LogP contribution in [0.1, 0.15) is 0 Å². The summed E-state index contributed by atoms with van der Waals surface area (Å²) >= 11 is 7.06. The van der Waals surface area contributed by atoms with Crippen molar-refractivity contribution in [2.45, 2.75) is 5.03 Å². The molecule has 0 aliphatic heterocycles. The first-order chi connectivity index (χ1) is 13.1. The van der Waals surface area contributed by atoms with Crippen molar-refractivity contribution in [3.05, 3.63) is 76.3 Å². The number of amides is 1. The molecule has 3 aromatic rings. The predicted octanol–water partition coefficient (Wildman–Crippen LogP) is 3.63. The SMILES string of the molecule is COc1ccccc1NC(=O)CSc1nccn(-c2cccc(Cl)c2)c1=O. The Morgan fingerprint density at radius 1 is 1.26 bits per heavy atom. The number of nitrogens with one attached hydrogen (secondary N) is 1. The van der Waals surface area contributed by atoms with Crippen LogP contribution in [0.4, 0.5) is 5.69 Å². The van der Waals surface area contributed by atoms with Crippen molar-refractivity contribution in [3.8, 4) is 11.4 Å². The molecule has 0 aliphatic rings. The number of anilines is 1. The monoisotopic (exact) mass is 401 g/mol. The Labute approximate surface area is 165 Å². The number of carbonyl (C=O) groups is 1. The molecule has 8 heteroatoms. The molecular formula is C19H16ClN3O3S. The van der Waals surface area contributed by atoms with Crippen LogP contribution in [0.3, 0.4) is 0 Å². The summed E-state index contributed by atoms with van der Waals surface area (Å²) in [4.78, 5) is 29.0. The number of hydrogen-bond donors (Lipinski definition) is 1. The fourth-order valence-electron chi connectivity index (χ4n) is 2.39. The third-order valence-corrected chi connectivity index (χ3v) is 4.81. The molecule has 3 rings (SSSR count). The van der Waals surface area contributed by atoms with Gasteiger partial charge in [0.05, 0.1) is 24.2 Å². The number of carbonyl (C=O) groups excluding carboxylic acids is 1. The van der Waals surface area contributed by atoms with E-state index >= 15 is 0 Å². The smallest absolute Gasteiger partial charge is 0.287 e. The number of halogens is 1. The molecular weight excluding hydrogens is 386 g/mol. The van der Waals surface area contributed by atoms with Crippen LogP contribution >= 0.6 is 23.4 Å². The summed E-state index contributed by atoms with van der Waals surface area (Å²) in [5, 5.41) is 3.52. The quantitative estimate of drug-likeness (QED) is 0.638. The van der Waals surface area contributed by atoms with E-state index in [0.29, 0.717) is 22.1 Å². The zero-order chi connectivity index (χ0) is 19.2. The van der Waals surface area contributed by atoms with Gasteiger partial charge in [-0.1, -0.05) is 41.6 Å². The van der Waals surface area contributed by atoms with Crippen LogP contribution in [0.15, 0.2) is 70.7 Å². The maximum atomic E-state index is 12.6. The second-order valence-corrected chi connectivity index (χ2v) is 6.83. The highest BCUT2D eigenvalue weighted by atomic mass is 35.5. The highest BCUT2D eigenvalue weighted by Crippen LogP contribution is 2.23. The zero-order valence-electron chi connectivity index (χ0n) is 14.4. The Kier molecular flexibility index (Phi) is 6.16. The van der Waals surface area contributed by atoms with Crippen molar-refractivity contribution in [2.75, 3.05) is 18.2 Å². The number of ether oxygens (including phenoxy) is 1. The van der Waals surface area contributed by atoms with Gasteiger partial charge in [-0.3, -0.25) is 14.2 Å². The molecule has 0 radical (unpaired) electrons. The molecule has 0 spiro atoms. The van der Waals surface area contributed by atoms with Crippen molar-refractivity contribution in [1.29, 1.82) is 0 Å². The summed E-state index contributed by atoms with van der Waals surface area (Å²) in [5.74, 6) is 0.348. The van der Waals surface area contributed by atoms with Gasteiger partial charge in [-0.15, -0.1) is 0 Å². The topological polar surface area (TPSA) is 73.2 Å². The van der Waals surface area contributed by atoms with E-state index in [1.54, 1.807) is 48.7 Å². The van der Waals surface area contributed by atoms with Crippen molar-refractivity contribution in [2.24, 2.45) is 0 Å². The molecule has 0 atom stereocenters. The van der Waals surface area contributed by atoms with Gasteiger partial charge in [0.2, 0.25) is 5.91 Å². The van der Waals surface area contributed by atoms with Gasteiger partial charge in [-0.05, 0) is 30.3 Å². The fraction of sp³-hybridized carbons (Fsp3) is 0.105. The average Bonchev–Trinajstić information content (AvgIpc) is 2.67. The molecule has 0 unspecified atom stereocenters. The molecule has 6 nitrogen and oxygen atoms in total. The summed E-state index contributed by atoms with van der Waals surface area (Å²) in [6.45, 7) is 0. The molecule has 1 amide bonds. The summed E-state index contributed by atoms with van der Waals surface area (Å²) in [5.41, 5.74) is 0.896. The average molecular weight is 402 g/mol. The molecule has 1 aromatic heterocycles. The second-order valence-electron chi connectivity index (χ2n) is 5.42. The van der Waals surface area contributed by atoms with Gasteiger partial charge < -0.3 is 10.1 Å². The number of aromatic nitrogens is 2. The number of thioether (sulfide) groups is 1. The van der Waals surface area contributed by atoms with Gasteiger partial charge in [0.1, 0.15) is 5.75 Å². The van der Waals surface area contributed by atoms with Crippen LogP contribution in [-0.2, 0) is 4.79 Å². The van der Waals surface area contributed by atoms with E-state index in [-0.39, 0.29) is 22.2 Å². The third-order valence-electron chi connectivity index (χ3n) is 3.62. The van der Waals surface area contributed by atoms with E-state index < -0.39 is 0 Å². The lowest BCUT2D eigenvalue weighted by Gasteiger charge is -2.10. The summed E-state index contributed by atoms with van der Waals surface area (Å²) in [6, 6.07) is 14.1. The first-order valence-electron chi connectivity index (χ1n) is 7.98. The lowest BCUT2D eigenvalue weighted by molar-refractivity contribution is -0.113. The zero-order valence-corrected chi connectivity index (χ0v) is 16.0. The first-order valence-corrected chi connectivity index (χ1v) is 9.34. The van der Waals surface area contributed by atoms with Crippen molar-refractivity contribution in [1.82, 2.24) is 9.55 Å². The largest absolute Gasteiger partial charge is 0.495 e. The number of nitrogens with zero attached hydrogens (tertiary/aromatic N) is 2. The Bertz CT molecular complexity index is 1020. The Hall–Kier alpha value is -2.77. The summed E-state index contributed by atoms with van der Waals surface area (Å²) < 4.78 is 6.65. The molecule has 2 aromatic carbocycles. The van der Waals surface area contributed by atoms with Gasteiger partial charge in [-0.25, -0.2) is 4.98 Å². The van der Waals surface area contributed by atoms with Crippen LogP contribution in [0.5, 0.6) is 5.75 Å². The van der Waals surface area contributed by atoms with Crippen LogP contribution in [0.2, 0.25) is 5.02 Å². The molecule has 0 fully saturated rings. The highest BCUT2D eigenvalue weighted by Gasteiger charge is 2.12. The molecule has 27 heavy (non-hydrogen) atoms. The van der Waals surface area contributed by atoms with E-state index in [1.165, 1.54) is 17.9 Å². The summed E-state index contributed by atoms with van der Waals surface area (Å²) in [7, 11) is 1.53. The van der Waals surface area contributed by atoms with E-state index in [4.69, 9.17) is 16.3 Å². The molecule has 0 saturated heterocycles.